The molecule has 0 unspecified atom stereocenters. The van der Waals surface area contributed by atoms with Crippen LogP contribution < -0.4 is 9.47 Å². The van der Waals surface area contributed by atoms with E-state index in [9.17, 15) is 0 Å². The van der Waals surface area contributed by atoms with E-state index in [1.54, 1.807) is 7.11 Å². The molecule has 0 bridgehead atoms. The zero-order valence-electron chi connectivity index (χ0n) is 12.8. The molecule has 0 fully saturated rings. The molecule has 0 saturated heterocycles. The molecule has 5 heteroatoms. The highest BCUT2D eigenvalue weighted by Gasteiger charge is 2.08. The highest BCUT2D eigenvalue weighted by atomic mass is 32.1. The molecule has 21 heavy (non-hydrogen) atoms. The summed E-state index contributed by atoms with van der Waals surface area (Å²) in [6, 6.07) is 7.81. The van der Waals surface area contributed by atoms with Crippen LogP contribution in [-0.2, 0) is 6.61 Å². The Morgan fingerprint density at radius 2 is 1.90 bits per heavy atom. The largest absolute Gasteiger partial charge is 0.497 e. The van der Waals surface area contributed by atoms with E-state index in [2.05, 4.69) is 36.1 Å². The standard InChI is InChI=1S/C16H19NO2SSi/c1-18-15-7-5-13(6-8-15)11-19-16-17-14(12-20-16)9-10-21(2,3)4/h5-8,12H,11H2,1-4H3. The van der Waals surface area contributed by atoms with Crippen LogP contribution in [0.3, 0.4) is 0 Å². The number of hydrogen-bond acceptors (Lipinski definition) is 4. The van der Waals surface area contributed by atoms with Gasteiger partial charge in [-0.3, -0.25) is 0 Å². The topological polar surface area (TPSA) is 31.4 Å². The van der Waals surface area contributed by atoms with Crippen LogP contribution in [0.5, 0.6) is 10.9 Å². The fourth-order valence-corrected chi connectivity index (χ4v) is 2.60. The molecule has 1 aromatic carbocycles. The van der Waals surface area contributed by atoms with Crippen LogP contribution in [0.4, 0.5) is 0 Å². The van der Waals surface area contributed by atoms with E-state index in [1.165, 1.54) is 11.3 Å². The third-order valence-corrected chi connectivity index (χ3v) is 4.20. The van der Waals surface area contributed by atoms with Crippen LogP contribution in [0, 0.1) is 11.5 Å². The fraction of sp³-hybridized carbons (Fsp3) is 0.312. The van der Waals surface area contributed by atoms with E-state index in [1.807, 2.05) is 29.6 Å². The Kier molecular flexibility index (Phi) is 5.05. The second-order valence-corrected chi connectivity index (χ2v) is 11.2. The molecule has 1 heterocycles. The maximum atomic E-state index is 5.69. The van der Waals surface area contributed by atoms with Crippen LogP contribution in [0.2, 0.25) is 19.6 Å². The Bertz CT molecular complexity index is 647. The van der Waals surface area contributed by atoms with Crippen molar-refractivity contribution in [3.63, 3.8) is 0 Å². The first-order valence-electron chi connectivity index (χ1n) is 6.71. The molecule has 0 saturated carbocycles. The second-order valence-electron chi connectivity index (χ2n) is 5.64. The van der Waals surface area contributed by atoms with E-state index in [0.29, 0.717) is 11.8 Å². The van der Waals surface area contributed by atoms with Gasteiger partial charge < -0.3 is 9.47 Å². The number of methoxy groups -OCH3 is 1. The number of ether oxygens (including phenoxy) is 2. The molecule has 0 aliphatic rings. The van der Waals surface area contributed by atoms with Crippen LogP contribution >= 0.6 is 11.3 Å². The van der Waals surface area contributed by atoms with E-state index >= 15 is 0 Å². The van der Waals surface area contributed by atoms with Crippen molar-refractivity contribution in [2.45, 2.75) is 26.2 Å². The number of rotatable bonds is 4. The van der Waals surface area contributed by atoms with Gasteiger partial charge in [0.05, 0.1) is 7.11 Å². The minimum Gasteiger partial charge on any atom is -0.497 e. The summed E-state index contributed by atoms with van der Waals surface area (Å²) >= 11 is 1.48. The minimum atomic E-state index is -1.36. The van der Waals surface area contributed by atoms with Gasteiger partial charge in [-0.1, -0.05) is 49.0 Å². The molecule has 0 amide bonds. The summed E-state index contributed by atoms with van der Waals surface area (Å²) in [4.78, 5) is 4.38. The zero-order valence-corrected chi connectivity index (χ0v) is 14.6. The van der Waals surface area contributed by atoms with Crippen molar-refractivity contribution in [1.82, 2.24) is 4.98 Å². The van der Waals surface area contributed by atoms with Gasteiger partial charge in [-0.15, -0.1) is 5.54 Å². The number of benzene rings is 1. The van der Waals surface area contributed by atoms with E-state index < -0.39 is 8.07 Å². The van der Waals surface area contributed by atoms with Gasteiger partial charge in [-0.2, -0.15) is 4.98 Å². The Hall–Kier alpha value is -1.77. The summed E-state index contributed by atoms with van der Waals surface area (Å²) in [6.07, 6.45) is 0. The summed E-state index contributed by atoms with van der Waals surface area (Å²) in [5, 5.41) is 2.60. The van der Waals surface area contributed by atoms with Gasteiger partial charge in [0.2, 0.25) is 0 Å². The van der Waals surface area contributed by atoms with Crippen molar-refractivity contribution in [3.8, 4) is 22.4 Å². The average Bonchev–Trinajstić information content (AvgIpc) is 2.91. The van der Waals surface area contributed by atoms with Crippen molar-refractivity contribution in [2.24, 2.45) is 0 Å². The van der Waals surface area contributed by atoms with Crippen LogP contribution in [0.25, 0.3) is 0 Å². The lowest BCUT2D eigenvalue weighted by molar-refractivity contribution is 0.304. The lowest BCUT2D eigenvalue weighted by atomic mass is 10.2. The molecule has 1 aromatic heterocycles. The first-order chi connectivity index (χ1) is 9.96. The molecule has 0 spiro atoms. The third-order valence-electron chi connectivity index (χ3n) is 2.57. The monoisotopic (exact) mass is 317 g/mol. The molecular formula is C16H19NO2SSi. The molecule has 2 aromatic rings. The molecule has 0 radical (unpaired) electrons. The summed E-state index contributed by atoms with van der Waals surface area (Å²) in [5.41, 5.74) is 5.18. The van der Waals surface area contributed by atoms with Gasteiger partial charge in [-0.05, 0) is 17.7 Å². The SMILES string of the molecule is COc1ccc(COc2nc(C#C[Si](C)(C)C)cs2)cc1. The zero-order chi connectivity index (χ0) is 15.3. The normalized spacial score (nSPS) is 10.7. The molecule has 0 aliphatic carbocycles. The summed E-state index contributed by atoms with van der Waals surface area (Å²) in [7, 11) is 0.297. The number of thiazole rings is 1. The Morgan fingerprint density at radius 1 is 1.19 bits per heavy atom. The Labute approximate surface area is 131 Å². The van der Waals surface area contributed by atoms with E-state index in [4.69, 9.17) is 9.47 Å². The molecule has 2 rings (SSSR count). The first-order valence-corrected chi connectivity index (χ1v) is 11.1. The van der Waals surface area contributed by atoms with Crippen molar-refractivity contribution in [1.29, 1.82) is 0 Å². The average molecular weight is 317 g/mol. The lowest BCUT2D eigenvalue weighted by Crippen LogP contribution is -2.16. The quantitative estimate of drug-likeness (QED) is 0.632. The molecule has 0 aliphatic heterocycles. The second kappa shape index (κ2) is 6.79. The Morgan fingerprint density at radius 3 is 2.52 bits per heavy atom. The Balaban J connectivity index is 1.94. The van der Waals surface area contributed by atoms with Crippen molar-refractivity contribution in [2.75, 3.05) is 7.11 Å². The smallest absolute Gasteiger partial charge is 0.274 e. The van der Waals surface area contributed by atoms with Gasteiger partial charge in [0.25, 0.3) is 5.19 Å². The van der Waals surface area contributed by atoms with Crippen molar-refractivity contribution < 1.29 is 9.47 Å². The maximum Gasteiger partial charge on any atom is 0.274 e. The summed E-state index contributed by atoms with van der Waals surface area (Å²) in [6.45, 7) is 7.15. The maximum absolute atomic E-state index is 5.69. The van der Waals surface area contributed by atoms with E-state index in [-0.39, 0.29) is 0 Å². The van der Waals surface area contributed by atoms with Crippen molar-refractivity contribution in [3.05, 3.63) is 40.9 Å². The lowest BCUT2D eigenvalue weighted by Gasteiger charge is -2.04. The molecule has 3 nitrogen and oxygen atoms in total. The molecule has 110 valence electrons. The highest BCUT2D eigenvalue weighted by molar-refractivity contribution is 7.11. The predicted octanol–water partition coefficient (Wildman–Crippen LogP) is 3.96. The van der Waals surface area contributed by atoms with Crippen LogP contribution in [-0.4, -0.2) is 20.2 Å². The van der Waals surface area contributed by atoms with Crippen LogP contribution in [0.1, 0.15) is 11.3 Å². The summed E-state index contributed by atoms with van der Waals surface area (Å²) < 4.78 is 10.8. The molecule has 0 atom stereocenters. The third kappa shape index (κ3) is 5.25. The number of nitrogens with zero attached hydrogens (tertiary/aromatic N) is 1. The molecular weight excluding hydrogens is 298 g/mol. The number of aromatic nitrogens is 1. The highest BCUT2D eigenvalue weighted by Crippen LogP contribution is 2.20. The fourth-order valence-electron chi connectivity index (χ4n) is 1.50. The van der Waals surface area contributed by atoms with Gasteiger partial charge in [-0.25, -0.2) is 0 Å². The van der Waals surface area contributed by atoms with Crippen molar-refractivity contribution >= 4 is 19.4 Å². The van der Waals surface area contributed by atoms with Gasteiger partial charge in [0.1, 0.15) is 26.1 Å². The number of hydrogen-bond donors (Lipinski definition) is 0. The first kappa shape index (κ1) is 15.6. The van der Waals surface area contributed by atoms with Gasteiger partial charge >= 0.3 is 0 Å². The summed E-state index contributed by atoms with van der Waals surface area (Å²) in [5.74, 6) is 3.98. The van der Waals surface area contributed by atoms with Gasteiger partial charge in [0.15, 0.2) is 0 Å². The predicted molar refractivity (Wildman–Crippen MR) is 89.7 cm³/mol. The molecule has 0 N–H and O–H groups in total. The van der Waals surface area contributed by atoms with Crippen LogP contribution in [0.15, 0.2) is 29.6 Å². The minimum absolute atomic E-state index is 0.498. The van der Waals surface area contributed by atoms with Gasteiger partial charge in [0, 0.05) is 5.38 Å². The van der Waals surface area contributed by atoms with E-state index in [0.717, 1.165) is 17.0 Å².